The van der Waals surface area contributed by atoms with Crippen molar-refractivity contribution in [2.75, 3.05) is 16.2 Å². The topological polar surface area (TPSA) is 75.7 Å². The number of amides is 1. The molecule has 3 aromatic carbocycles. The van der Waals surface area contributed by atoms with Crippen molar-refractivity contribution in [1.82, 2.24) is 0 Å². The van der Waals surface area contributed by atoms with Crippen molar-refractivity contribution in [1.29, 1.82) is 0 Å². The van der Waals surface area contributed by atoms with E-state index in [-0.39, 0.29) is 28.6 Å². The number of anilines is 2. The Kier molecular flexibility index (Phi) is 5.55. The van der Waals surface area contributed by atoms with E-state index in [0.29, 0.717) is 0 Å². The Labute approximate surface area is 182 Å². The molecule has 6 nitrogen and oxygen atoms in total. The van der Waals surface area contributed by atoms with Gasteiger partial charge >= 0.3 is 6.18 Å². The summed E-state index contributed by atoms with van der Waals surface area (Å²) in [4.78, 5) is 12.8. The van der Waals surface area contributed by atoms with Crippen LogP contribution in [0.4, 0.5) is 24.5 Å². The van der Waals surface area contributed by atoms with Crippen molar-refractivity contribution in [3.8, 4) is 5.75 Å². The van der Waals surface area contributed by atoms with Crippen molar-refractivity contribution in [3.05, 3.63) is 84.4 Å². The second-order valence-electron chi connectivity index (χ2n) is 6.99. The molecule has 3 aromatic rings. The van der Waals surface area contributed by atoms with Gasteiger partial charge in [0.2, 0.25) is 0 Å². The summed E-state index contributed by atoms with van der Waals surface area (Å²) in [5.74, 6) is -0.488. The molecule has 0 bridgehead atoms. The van der Waals surface area contributed by atoms with Crippen molar-refractivity contribution in [2.24, 2.45) is 0 Å². The third-order valence-corrected chi connectivity index (χ3v) is 6.63. The number of nitrogens with one attached hydrogen (secondary N) is 1. The molecule has 1 atom stereocenters. The molecule has 1 N–H and O–H groups in total. The maximum Gasteiger partial charge on any atom is 0.416 e. The van der Waals surface area contributed by atoms with E-state index in [9.17, 15) is 26.4 Å². The smallest absolute Gasteiger partial charge is 0.416 e. The lowest BCUT2D eigenvalue weighted by molar-refractivity contribution is -0.137. The van der Waals surface area contributed by atoms with Crippen LogP contribution in [0.5, 0.6) is 5.75 Å². The van der Waals surface area contributed by atoms with Crippen LogP contribution < -0.4 is 14.4 Å². The SMILES string of the molecule is O=C(Nc1ccc(C(F)(F)F)cc1)[C@H]1CN(S(=O)(=O)c2ccccc2)c2ccccc2O1. The third-order valence-electron chi connectivity index (χ3n) is 4.84. The van der Waals surface area contributed by atoms with Crippen LogP contribution in [0, 0.1) is 0 Å². The summed E-state index contributed by atoms with van der Waals surface area (Å²) in [5.41, 5.74) is -0.434. The van der Waals surface area contributed by atoms with Crippen LogP contribution in [0.2, 0.25) is 0 Å². The molecule has 0 aromatic heterocycles. The number of sulfonamides is 1. The number of ether oxygens (including phenoxy) is 1. The Morgan fingerprint density at radius 1 is 0.938 bits per heavy atom. The quantitative estimate of drug-likeness (QED) is 0.627. The highest BCUT2D eigenvalue weighted by Crippen LogP contribution is 2.37. The highest BCUT2D eigenvalue weighted by molar-refractivity contribution is 7.92. The van der Waals surface area contributed by atoms with Crippen molar-refractivity contribution < 1.29 is 31.1 Å². The molecule has 1 aliphatic rings. The lowest BCUT2D eigenvalue weighted by Crippen LogP contribution is -2.48. The van der Waals surface area contributed by atoms with Gasteiger partial charge in [-0.15, -0.1) is 0 Å². The minimum atomic E-state index is -4.50. The molecule has 1 heterocycles. The van der Waals surface area contributed by atoms with Crippen molar-refractivity contribution in [2.45, 2.75) is 17.2 Å². The van der Waals surface area contributed by atoms with E-state index in [4.69, 9.17) is 4.74 Å². The first-order valence-corrected chi connectivity index (χ1v) is 10.9. The van der Waals surface area contributed by atoms with Crippen LogP contribution in [0.25, 0.3) is 0 Å². The normalized spacial score (nSPS) is 16.1. The summed E-state index contributed by atoms with van der Waals surface area (Å²) in [6, 6.07) is 18.1. The zero-order valence-corrected chi connectivity index (χ0v) is 17.2. The first-order valence-electron chi connectivity index (χ1n) is 9.48. The number of hydrogen-bond acceptors (Lipinski definition) is 4. The molecule has 0 unspecified atom stereocenters. The monoisotopic (exact) mass is 462 g/mol. The summed E-state index contributed by atoms with van der Waals surface area (Å²) in [6.45, 7) is -0.305. The summed E-state index contributed by atoms with van der Waals surface area (Å²) in [5, 5.41) is 2.48. The maximum atomic E-state index is 13.2. The molecule has 0 fully saturated rings. The van der Waals surface area contributed by atoms with E-state index >= 15 is 0 Å². The Hall–Kier alpha value is -3.53. The van der Waals surface area contributed by atoms with E-state index in [1.807, 2.05) is 0 Å². The van der Waals surface area contributed by atoms with E-state index in [0.717, 1.165) is 28.6 Å². The van der Waals surface area contributed by atoms with Gasteiger partial charge in [0.1, 0.15) is 5.75 Å². The molecule has 1 amide bonds. The molecular formula is C22H17F3N2O4S. The number of rotatable bonds is 4. The van der Waals surface area contributed by atoms with E-state index in [2.05, 4.69) is 5.32 Å². The number of fused-ring (bicyclic) bond motifs is 1. The average Bonchev–Trinajstić information content (AvgIpc) is 2.78. The second-order valence-corrected chi connectivity index (χ2v) is 8.85. The Balaban J connectivity index is 1.60. The zero-order valence-electron chi connectivity index (χ0n) is 16.4. The third kappa shape index (κ3) is 4.26. The van der Waals surface area contributed by atoms with Crippen LogP contribution in [0.3, 0.4) is 0 Å². The molecule has 0 saturated heterocycles. The molecule has 0 saturated carbocycles. The number of halogens is 3. The molecule has 4 rings (SSSR count). The van der Waals surface area contributed by atoms with Gasteiger partial charge in [-0.3, -0.25) is 9.10 Å². The van der Waals surface area contributed by atoms with E-state index < -0.39 is 33.8 Å². The van der Waals surface area contributed by atoms with Gasteiger partial charge in [-0.25, -0.2) is 8.42 Å². The molecule has 0 radical (unpaired) electrons. The maximum absolute atomic E-state index is 13.2. The van der Waals surface area contributed by atoms with Crippen LogP contribution in [0.1, 0.15) is 5.56 Å². The van der Waals surface area contributed by atoms with Crippen LogP contribution >= 0.6 is 0 Å². The fourth-order valence-electron chi connectivity index (χ4n) is 3.25. The van der Waals surface area contributed by atoms with Gasteiger partial charge in [-0.1, -0.05) is 30.3 Å². The Bertz CT molecular complexity index is 1230. The summed E-state index contributed by atoms with van der Waals surface area (Å²) < 4.78 is 71.5. The molecule has 0 spiro atoms. The van der Waals surface area contributed by atoms with Crippen molar-refractivity contribution in [3.63, 3.8) is 0 Å². The van der Waals surface area contributed by atoms with Crippen molar-refractivity contribution >= 4 is 27.3 Å². The summed E-state index contributed by atoms with van der Waals surface area (Å²) in [7, 11) is -3.99. The summed E-state index contributed by atoms with van der Waals surface area (Å²) >= 11 is 0. The highest BCUT2D eigenvalue weighted by Gasteiger charge is 2.37. The number of hydrogen-bond donors (Lipinski definition) is 1. The van der Waals surface area contributed by atoms with Crippen LogP contribution in [-0.4, -0.2) is 27.0 Å². The fraction of sp³-hybridized carbons (Fsp3) is 0.136. The molecule has 1 aliphatic heterocycles. The number of nitrogens with zero attached hydrogens (tertiary/aromatic N) is 1. The van der Waals surface area contributed by atoms with Crippen LogP contribution in [0.15, 0.2) is 83.8 Å². The van der Waals surface area contributed by atoms with Gasteiger partial charge in [0, 0.05) is 5.69 Å². The van der Waals surface area contributed by atoms with Gasteiger partial charge in [0.15, 0.2) is 6.10 Å². The summed E-state index contributed by atoms with van der Waals surface area (Å²) in [6.07, 6.45) is -5.71. The minimum Gasteiger partial charge on any atom is -0.476 e. The van der Waals surface area contributed by atoms with Gasteiger partial charge in [0.05, 0.1) is 22.7 Å². The van der Waals surface area contributed by atoms with Crippen LogP contribution in [-0.2, 0) is 21.0 Å². The minimum absolute atomic E-state index is 0.0543. The first-order chi connectivity index (χ1) is 15.2. The molecular weight excluding hydrogens is 445 g/mol. The lowest BCUT2D eigenvalue weighted by Gasteiger charge is -2.34. The van der Waals surface area contributed by atoms with Gasteiger partial charge in [-0.2, -0.15) is 13.2 Å². The largest absolute Gasteiger partial charge is 0.476 e. The molecule has 10 heteroatoms. The molecule has 32 heavy (non-hydrogen) atoms. The van der Waals surface area contributed by atoms with Gasteiger partial charge in [0.25, 0.3) is 15.9 Å². The molecule has 0 aliphatic carbocycles. The number of alkyl halides is 3. The predicted molar refractivity (Wildman–Crippen MR) is 112 cm³/mol. The average molecular weight is 462 g/mol. The number of carbonyl (C=O) groups is 1. The first kappa shape index (κ1) is 21.7. The fourth-order valence-corrected chi connectivity index (χ4v) is 4.75. The second kappa shape index (κ2) is 8.19. The Morgan fingerprint density at radius 3 is 2.22 bits per heavy atom. The zero-order chi connectivity index (χ0) is 22.9. The van der Waals surface area contributed by atoms with E-state index in [1.54, 1.807) is 42.5 Å². The highest BCUT2D eigenvalue weighted by atomic mass is 32.2. The van der Waals surface area contributed by atoms with Gasteiger partial charge in [-0.05, 0) is 48.5 Å². The standard InChI is InChI=1S/C22H17F3N2O4S/c23-22(24,25)15-10-12-16(13-11-15)26-21(28)20-14-27(18-8-4-5-9-19(18)31-20)32(29,30)17-6-2-1-3-7-17/h1-13,20H,14H2,(H,26,28)/t20-/m1/s1. The van der Waals surface area contributed by atoms with E-state index in [1.165, 1.54) is 12.1 Å². The Morgan fingerprint density at radius 2 is 1.56 bits per heavy atom. The number of carbonyl (C=O) groups excluding carboxylic acids is 1. The number of benzene rings is 3. The van der Waals surface area contributed by atoms with Gasteiger partial charge < -0.3 is 10.1 Å². The number of para-hydroxylation sites is 2. The predicted octanol–water partition coefficient (Wildman–Crippen LogP) is 4.30. The molecule has 166 valence electrons. The lowest BCUT2D eigenvalue weighted by atomic mass is 10.2.